The minimum absolute atomic E-state index is 0.253. The van der Waals surface area contributed by atoms with Crippen LogP contribution in [0, 0.1) is 16.0 Å². The molecule has 10 heteroatoms. The van der Waals surface area contributed by atoms with Gasteiger partial charge in [0.15, 0.2) is 0 Å². The lowest BCUT2D eigenvalue weighted by Crippen LogP contribution is -2.15. The monoisotopic (exact) mass is 334 g/mol. The van der Waals surface area contributed by atoms with Crippen LogP contribution in [-0.4, -0.2) is 32.2 Å². The zero-order valence-electron chi connectivity index (χ0n) is 11.3. The Morgan fingerprint density at radius 1 is 1.52 bits per heavy atom. The van der Waals surface area contributed by atoms with Crippen molar-refractivity contribution >= 4 is 33.4 Å². The maximum absolute atomic E-state index is 11.3. The van der Waals surface area contributed by atoms with Crippen molar-refractivity contribution in [2.24, 2.45) is 11.1 Å². The SMILES string of the molecule is COC(=O)C(C)CSc1ccc(S(N)(=O)=O)cc1[N+](=O)[O-]. The van der Waals surface area contributed by atoms with Gasteiger partial charge in [0.05, 0.1) is 27.7 Å². The van der Waals surface area contributed by atoms with E-state index < -0.39 is 26.8 Å². The van der Waals surface area contributed by atoms with Crippen molar-refractivity contribution in [3.8, 4) is 0 Å². The van der Waals surface area contributed by atoms with Gasteiger partial charge in [0.25, 0.3) is 5.69 Å². The third-order valence-corrected chi connectivity index (χ3v) is 4.78. The second-order valence-corrected chi connectivity index (χ2v) is 6.79. The lowest BCUT2D eigenvalue weighted by Gasteiger charge is -2.09. The number of esters is 1. The largest absolute Gasteiger partial charge is 0.469 e. The van der Waals surface area contributed by atoms with Gasteiger partial charge in [-0.1, -0.05) is 6.92 Å². The second-order valence-electron chi connectivity index (χ2n) is 4.17. The van der Waals surface area contributed by atoms with Gasteiger partial charge in [0.2, 0.25) is 10.0 Å². The number of hydrogen-bond donors (Lipinski definition) is 1. The molecule has 0 heterocycles. The number of ether oxygens (including phenoxy) is 1. The molecule has 1 atom stereocenters. The molecular formula is C11H14N2O6S2. The number of rotatable bonds is 6. The first kappa shape index (κ1) is 17.4. The Hall–Kier alpha value is -1.65. The molecule has 0 amide bonds. The molecule has 0 aromatic heterocycles. The minimum atomic E-state index is -4.01. The molecule has 0 aliphatic rings. The molecule has 0 fully saturated rings. The van der Waals surface area contributed by atoms with E-state index in [4.69, 9.17) is 5.14 Å². The maximum Gasteiger partial charge on any atom is 0.309 e. The van der Waals surface area contributed by atoms with Crippen molar-refractivity contribution in [1.29, 1.82) is 0 Å². The predicted octanol–water partition coefficient (Wildman–Crippen LogP) is 1.14. The van der Waals surface area contributed by atoms with E-state index in [-0.39, 0.29) is 21.2 Å². The molecule has 0 bridgehead atoms. The van der Waals surface area contributed by atoms with Gasteiger partial charge in [0, 0.05) is 11.8 Å². The summed E-state index contributed by atoms with van der Waals surface area (Å²) < 4.78 is 27.0. The first-order chi connectivity index (χ1) is 9.66. The summed E-state index contributed by atoms with van der Waals surface area (Å²) in [4.78, 5) is 21.5. The van der Waals surface area contributed by atoms with Crippen LogP contribution in [0.15, 0.2) is 28.0 Å². The molecule has 21 heavy (non-hydrogen) atoms. The first-order valence-corrected chi connectivity index (χ1v) is 8.22. The number of nitro groups is 1. The van der Waals surface area contributed by atoms with Crippen LogP contribution in [0.5, 0.6) is 0 Å². The highest BCUT2D eigenvalue weighted by molar-refractivity contribution is 7.99. The van der Waals surface area contributed by atoms with E-state index >= 15 is 0 Å². The minimum Gasteiger partial charge on any atom is -0.469 e. The molecular weight excluding hydrogens is 320 g/mol. The quantitative estimate of drug-likeness (QED) is 0.357. The van der Waals surface area contributed by atoms with E-state index in [1.165, 1.54) is 19.2 Å². The van der Waals surface area contributed by atoms with Crippen LogP contribution in [0.4, 0.5) is 5.69 Å². The van der Waals surface area contributed by atoms with Gasteiger partial charge in [-0.2, -0.15) is 0 Å². The third kappa shape index (κ3) is 4.69. The molecule has 0 radical (unpaired) electrons. The summed E-state index contributed by atoms with van der Waals surface area (Å²) in [6.07, 6.45) is 0. The number of nitro benzene ring substituents is 1. The molecule has 0 aliphatic carbocycles. The number of benzene rings is 1. The van der Waals surface area contributed by atoms with E-state index in [9.17, 15) is 23.3 Å². The average Bonchev–Trinajstić information content (AvgIpc) is 2.42. The number of hydrogen-bond acceptors (Lipinski definition) is 7. The highest BCUT2D eigenvalue weighted by Crippen LogP contribution is 2.32. The zero-order valence-corrected chi connectivity index (χ0v) is 12.9. The summed E-state index contributed by atoms with van der Waals surface area (Å²) in [5, 5.41) is 15.9. The summed E-state index contributed by atoms with van der Waals surface area (Å²) in [5.41, 5.74) is -0.372. The van der Waals surface area contributed by atoms with Crippen LogP contribution in [0.2, 0.25) is 0 Å². The maximum atomic E-state index is 11.3. The van der Waals surface area contributed by atoms with Gasteiger partial charge < -0.3 is 4.74 Å². The van der Waals surface area contributed by atoms with Crippen molar-refractivity contribution in [2.75, 3.05) is 12.9 Å². The van der Waals surface area contributed by atoms with Crippen LogP contribution in [0.25, 0.3) is 0 Å². The lowest BCUT2D eigenvalue weighted by atomic mass is 10.2. The number of sulfonamides is 1. The number of carbonyl (C=O) groups is 1. The predicted molar refractivity (Wildman–Crippen MR) is 76.4 cm³/mol. The standard InChI is InChI=1S/C11H14N2O6S2/c1-7(11(14)19-2)6-20-10-4-3-8(21(12,17)18)5-9(10)13(15)16/h3-5,7H,6H2,1-2H3,(H2,12,17,18). The van der Waals surface area contributed by atoms with Crippen molar-refractivity contribution < 1.29 is 22.9 Å². The van der Waals surface area contributed by atoms with Gasteiger partial charge in [-0.05, 0) is 12.1 Å². The van der Waals surface area contributed by atoms with Gasteiger partial charge in [-0.25, -0.2) is 13.6 Å². The molecule has 0 saturated heterocycles. The Balaban J connectivity index is 3.03. The van der Waals surface area contributed by atoms with E-state index in [0.29, 0.717) is 0 Å². The normalized spacial score (nSPS) is 12.7. The van der Waals surface area contributed by atoms with Crippen molar-refractivity contribution in [2.45, 2.75) is 16.7 Å². The molecule has 0 saturated carbocycles. The summed E-state index contributed by atoms with van der Waals surface area (Å²) in [7, 11) is -2.76. The van der Waals surface area contributed by atoms with Crippen LogP contribution in [-0.2, 0) is 19.6 Å². The van der Waals surface area contributed by atoms with Crippen LogP contribution < -0.4 is 5.14 Å². The summed E-state index contributed by atoms with van der Waals surface area (Å²) in [6.45, 7) is 1.63. The van der Waals surface area contributed by atoms with Crippen molar-refractivity contribution in [3.63, 3.8) is 0 Å². The molecule has 1 aromatic rings. The Labute approximate surface area is 125 Å². The number of nitrogens with two attached hydrogens (primary N) is 1. The Morgan fingerprint density at radius 2 is 2.14 bits per heavy atom. The van der Waals surface area contributed by atoms with Crippen LogP contribution in [0.3, 0.4) is 0 Å². The fourth-order valence-electron chi connectivity index (χ4n) is 1.42. The Bertz CT molecular complexity index is 659. The molecule has 2 N–H and O–H groups in total. The zero-order chi connectivity index (χ0) is 16.2. The molecule has 1 aromatic carbocycles. The fraction of sp³-hybridized carbons (Fsp3) is 0.364. The molecule has 1 unspecified atom stereocenters. The van der Waals surface area contributed by atoms with Gasteiger partial charge in [-0.3, -0.25) is 14.9 Å². The van der Waals surface area contributed by atoms with Crippen LogP contribution >= 0.6 is 11.8 Å². The topological polar surface area (TPSA) is 130 Å². The Kier molecular flexibility index (Phi) is 5.70. The second kappa shape index (κ2) is 6.87. The average molecular weight is 334 g/mol. The lowest BCUT2D eigenvalue weighted by molar-refractivity contribution is -0.388. The summed E-state index contributed by atoms with van der Waals surface area (Å²) in [5.74, 6) is -0.605. The molecule has 116 valence electrons. The molecule has 0 spiro atoms. The van der Waals surface area contributed by atoms with Crippen molar-refractivity contribution in [3.05, 3.63) is 28.3 Å². The van der Waals surface area contributed by atoms with E-state index in [2.05, 4.69) is 4.74 Å². The first-order valence-electron chi connectivity index (χ1n) is 5.68. The Morgan fingerprint density at radius 3 is 2.62 bits per heavy atom. The summed E-state index contributed by atoms with van der Waals surface area (Å²) in [6, 6.07) is 3.39. The molecule has 0 aliphatic heterocycles. The number of carbonyl (C=O) groups excluding carboxylic acids is 1. The summed E-state index contributed by atoms with van der Waals surface area (Å²) >= 11 is 1.07. The highest BCUT2D eigenvalue weighted by atomic mass is 32.2. The smallest absolute Gasteiger partial charge is 0.309 e. The number of primary sulfonamides is 1. The van der Waals surface area contributed by atoms with Gasteiger partial charge in [-0.15, -0.1) is 11.8 Å². The number of thioether (sulfide) groups is 1. The van der Waals surface area contributed by atoms with E-state index in [0.717, 1.165) is 17.8 Å². The fourth-order valence-corrected chi connectivity index (χ4v) is 2.97. The van der Waals surface area contributed by atoms with E-state index in [1.807, 2.05) is 0 Å². The third-order valence-electron chi connectivity index (χ3n) is 2.55. The van der Waals surface area contributed by atoms with Crippen molar-refractivity contribution in [1.82, 2.24) is 0 Å². The highest BCUT2D eigenvalue weighted by Gasteiger charge is 2.21. The molecule has 1 rings (SSSR count). The number of methoxy groups -OCH3 is 1. The van der Waals surface area contributed by atoms with E-state index in [1.54, 1.807) is 6.92 Å². The van der Waals surface area contributed by atoms with Gasteiger partial charge >= 0.3 is 5.97 Å². The van der Waals surface area contributed by atoms with Gasteiger partial charge in [0.1, 0.15) is 0 Å². The number of nitrogens with zero attached hydrogens (tertiary/aromatic N) is 1. The molecule has 8 nitrogen and oxygen atoms in total. The van der Waals surface area contributed by atoms with Crippen LogP contribution in [0.1, 0.15) is 6.92 Å².